The third-order valence-corrected chi connectivity index (χ3v) is 3.99. The molecular weight excluding hydrogens is 358 g/mol. The summed E-state index contributed by atoms with van der Waals surface area (Å²) in [6, 6.07) is 10.6. The SMILES string of the molecule is O=C(Cn1ccc(=O)c2cc(Br)ccc21)NCc1ccncc1. The Morgan fingerprint density at radius 2 is 1.96 bits per heavy atom. The van der Waals surface area contributed by atoms with Crippen LogP contribution in [0, 0.1) is 0 Å². The smallest absolute Gasteiger partial charge is 0.240 e. The van der Waals surface area contributed by atoms with Crippen molar-refractivity contribution in [2.75, 3.05) is 0 Å². The molecule has 2 aromatic heterocycles. The van der Waals surface area contributed by atoms with Crippen molar-refractivity contribution in [3.8, 4) is 0 Å². The molecule has 0 saturated heterocycles. The van der Waals surface area contributed by atoms with Gasteiger partial charge in [0.05, 0.1) is 5.52 Å². The Hall–Kier alpha value is -2.47. The summed E-state index contributed by atoms with van der Waals surface area (Å²) in [5.41, 5.74) is 1.66. The van der Waals surface area contributed by atoms with E-state index < -0.39 is 0 Å². The second kappa shape index (κ2) is 6.75. The fraction of sp³-hybridized carbons (Fsp3) is 0.118. The lowest BCUT2D eigenvalue weighted by Gasteiger charge is -2.11. The van der Waals surface area contributed by atoms with E-state index in [4.69, 9.17) is 0 Å². The molecule has 3 aromatic rings. The number of carbonyl (C=O) groups excluding carboxylic acids is 1. The van der Waals surface area contributed by atoms with Crippen LogP contribution in [0.15, 0.2) is 64.3 Å². The molecule has 0 unspecified atom stereocenters. The maximum atomic E-state index is 12.1. The van der Waals surface area contributed by atoms with Crippen molar-refractivity contribution in [2.45, 2.75) is 13.1 Å². The molecule has 0 aliphatic carbocycles. The predicted molar refractivity (Wildman–Crippen MR) is 92.0 cm³/mol. The predicted octanol–water partition coefficient (Wildman–Crippen LogP) is 2.48. The minimum Gasteiger partial charge on any atom is -0.350 e. The number of halogens is 1. The minimum absolute atomic E-state index is 0.0604. The summed E-state index contributed by atoms with van der Waals surface area (Å²) in [4.78, 5) is 28.0. The summed E-state index contributed by atoms with van der Waals surface area (Å²) in [6.07, 6.45) is 5.02. The van der Waals surface area contributed by atoms with Crippen molar-refractivity contribution in [3.63, 3.8) is 0 Å². The van der Waals surface area contributed by atoms with Gasteiger partial charge in [-0.25, -0.2) is 0 Å². The average Bonchev–Trinajstić information content (AvgIpc) is 2.57. The second-order valence-electron chi connectivity index (χ2n) is 5.10. The highest BCUT2D eigenvalue weighted by Gasteiger charge is 2.07. The molecule has 0 fully saturated rings. The van der Waals surface area contributed by atoms with Gasteiger partial charge in [-0.2, -0.15) is 0 Å². The molecule has 116 valence electrons. The zero-order chi connectivity index (χ0) is 16.2. The van der Waals surface area contributed by atoms with Crippen molar-refractivity contribution >= 4 is 32.7 Å². The van der Waals surface area contributed by atoms with Gasteiger partial charge in [-0.05, 0) is 35.9 Å². The molecule has 0 spiro atoms. The van der Waals surface area contributed by atoms with Crippen LogP contribution in [0.4, 0.5) is 0 Å². The van der Waals surface area contributed by atoms with E-state index in [0.717, 1.165) is 15.6 Å². The lowest BCUT2D eigenvalue weighted by Crippen LogP contribution is -2.27. The Kier molecular flexibility index (Phi) is 4.52. The van der Waals surface area contributed by atoms with Gasteiger partial charge >= 0.3 is 0 Å². The number of hydrogen-bond donors (Lipinski definition) is 1. The number of aromatic nitrogens is 2. The fourth-order valence-corrected chi connectivity index (χ4v) is 2.69. The van der Waals surface area contributed by atoms with Crippen molar-refractivity contribution < 1.29 is 4.79 Å². The first-order valence-electron chi connectivity index (χ1n) is 7.08. The number of nitrogens with zero attached hydrogens (tertiary/aromatic N) is 2. The Morgan fingerprint density at radius 1 is 1.17 bits per heavy atom. The van der Waals surface area contributed by atoms with Gasteiger partial charge in [0.1, 0.15) is 6.54 Å². The lowest BCUT2D eigenvalue weighted by atomic mass is 10.2. The first-order chi connectivity index (χ1) is 11.1. The average molecular weight is 372 g/mol. The molecule has 23 heavy (non-hydrogen) atoms. The molecule has 0 atom stereocenters. The Labute approximate surface area is 141 Å². The molecule has 0 bridgehead atoms. The normalized spacial score (nSPS) is 10.7. The quantitative estimate of drug-likeness (QED) is 0.765. The monoisotopic (exact) mass is 371 g/mol. The fourth-order valence-electron chi connectivity index (χ4n) is 2.33. The highest BCUT2D eigenvalue weighted by Crippen LogP contribution is 2.16. The van der Waals surface area contributed by atoms with Crippen LogP contribution in [0.2, 0.25) is 0 Å². The van der Waals surface area contributed by atoms with E-state index in [-0.39, 0.29) is 17.9 Å². The summed E-state index contributed by atoms with van der Waals surface area (Å²) >= 11 is 3.36. The maximum absolute atomic E-state index is 12.1. The van der Waals surface area contributed by atoms with Gasteiger partial charge < -0.3 is 9.88 Å². The van der Waals surface area contributed by atoms with Crippen molar-refractivity contribution in [2.24, 2.45) is 0 Å². The number of benzene rings is 1. The van der Waals surface area contributed by atoms with Crippen LogP contribution in [0.25, 0.3) is 10.9 Å². The number of fused-ring (bicyclic) bond motifs is 1. The molecule has 5 nitrogen and oxygen atoms in total. The number of pyridine rings is 2. The summed E-state index contributed by atoms with van der Waals surface area (Å²) in [5.74, 6) is -0.116. The minimum atomic E-state index is -0.116. The number of carbonyl (C=O) groups is 1. The number of amides is 1. The summed E-state index contributed by atoms with van der Waals surface area (Å²) in [7, 11) is 0. The molecule has 3 rings (SSSR count). The van der Waals surface area contributed by atoms with Gasteiger partial charge in [0.25, 0.3) is 0 Å². The van der Waals surface area contributed by atoms with E-state index in [9.17, 15) is 9.59 Å². The molecule has 2 heterocycles. The van der Waals surface area contributed by atoms with Gasteiger partial charge in [-0.15, -0.1) is 0 Å². The second-order valence-corrected chi connectivity index (χ2v) is 6.02. The van der Waals surface area contributed by atoms with Crippen LogP contribution in [0.1, 0.15) is 5.56 Å². The molecule has 1 amide bonds. The number of hydrogen-bond acceptors (Lipinski definition) is 3. The molecule has 1 aromatic carbocycles. The van der Waals surface area contributed by atoms with Crippen LogP contribution < -0.4 is 10.7 Å². The third kappa shape index (κ3) is 3.65. The lowest BCUT2D eigenvalue weighted by molar-refractivity contribution is -0.121. The first-order valence-corrected chi connectivity index (χ1v) is 7.87. The Bertz CT molecular complexity index is 907. The molecule has 0 radical (unpaired) electrons. The molecular formula is C17H14BrN3O2. The number of rotatable bonds is 4. The summed E-state index contributed by atoms with van der Waals surface area (Å²) in [5, 5.41) is 3.45. The third-order valence-electron chi connectivity index (χ3n) is 3.49. The highest BCUT2D eigenvalue weighted by atomic mass is 79.9. The van der Waals surface area contributed by atoms with E-state index >= 15 is 0 Å². The molecule has 0 aliphatic rings. The standard InChI is InChI=1S/C17H14BrN3O2/c18-13-1-2-15-14(9-13)16(22)5-8-21(15)11-17(23)20-10-12-3-6-19-7-4-12/h1-9H,10-11H2,(H,20,23). The summed E-state index contributed by atoms with van der Waals surface area (Å²) < 4.78 is 2.60. The Balaban J connectivity index is 1.77. The van der Waals surface area contributed by atoms with Crippen LogP contribution >= 0.6 is 15.9 Å². The van der Waals surface area contributed by atoms with Gasteiger partial charge in [0.2, 0.25) is 5.91 Å². The molecule has 0 saturated carbocycles. The maximum Gasteiger partial charge on any atom is 0.240 e. The zero-order valence-electron chi connectivity index (χ0n) is 12.2. The summed E-state index contributed by atoms with van der Waals surface area (Å²) in [6.45, 7) is 0.606. The van der Waals surface area contributed by atoms with Crippen LogP contribution in [-0.4, -0.2) is 15.5 Å². The van der Waals surface area contributed by atoms with Crippen molar-refractivity contribution in [1.82, 2.24) is 14.9 Å². The van der Waals surface area contributed by atoms with E-state index in [0.29, 0.717) is 11.9 Å². The largest absolute Gasteiger partial charge is 0.350 e. The molecule has 1 N–H and O–H groups in total. The van der Waals surface area contributed by atoms with Gasteiger partial charge in [0, 0.05) is 41.1 Å². The topological polar surface area (TPSA) is 64.0 Å². The molecule has 0 aliphatic heterocycles. The van der Waals surface area contributed by atoms with Crippen molar-refractivity contribution in [3.05, 3.63) is 75.2 Å². The van der Waals surface area contributed by atoms with Crippen LogP contribution in [0.3, 0.4) is 0 Å². The van der Waals surface area contributed by atoms with Gasteiger partial charge in [-0.3, -0.25) is 14.6 Å². The molecule has 6 heteroatoms. The van der Waals surface area contributed by atoms with E-state index in [1.165, 1.54) is 6.07 Å². The van der Waals surface area contributed by atoms with E-state index in [2.05, 4.69) is 26.2 Å². The van der Waals surface area contributed by atoms with Gasteiger partial charge in [-0.1, -0.05) is 15.9 Å². The first kappa shape index (κ1) is 15.4. The van der Waals surface area contributed by atoms with Crippen molar-refractivity contribution in [1.29, 1.82) is 0 Å². The van der Waals surface area contributed by atoms with Crippen LogP contribution in [-0.2, 0) is 17.9 Å². The zero-order valence-corrected chi connectivity index (χ0v) is 13.8. The highest BCUT2D eigenvalue weighted by molar-refractivity contribution is 9.10. The number of nitrogens with one attached hydrogen (secondary N) is 1. The Morgan fingerprint density at radius 3 is 2.74 bits per heavy atom. The van der Waals surface area contributed by atoms with E-state index in [1.54, 1.807) is 29.2 Å². The van der Waals surface area contributed by atoms with Gasteiger partial charge in [0.15, 0.2) is 5.43 Å². The van der Waals surface area contributed by atoms with Crippen LogP contribution in [0.5, 0.6) is 0 Å². The van der Waals surface area contributed by atoms with E-state index in [1.807, 2.05) is 24.3 Å².